The highest BCUT2D eigenvalue weighted by atomic mass is 32.2. The van der Waals surface area contributed by atoms with Crippen LogP contribution < -0.4 is 0 Å². The molecule has 0 saturated carbocycles. The van der Waals surface area contributed by atoms with E-state index >= 15 is 0 Å². The van der Waals surface area contributed by atoms with Crippen LogP contribution in [0.2, 0.25) is 0 Å². The van der Waals surface area contributed by atoms with Crippen molar-refractivity contribution in [3.05, 3.63) is 29.8 Å². The van der Waals surface area contributed by atoms with Crippen LogP contribution in [0.25, 0.3) is 0 Å². The predicted molar refractivity (Wildman–Crippen MR) is 100 cm³/mol. The molecule has 0 bridgehead atoms. The molecule has 0 aromatic heterocycles. The van der Waals surface area contributed by atoms with Gasteiger partial charge < -0.3 is 5.11 Å². The Balaban J connectivity index is 1.97. The van der Waals surface area contributed by atoms with E-state index in [1.807, 2.05) is 0 Å². The van der Waals surface area contributed by atoms with E-state index in [4.69, 9.17) is 0 Å². The third-order valence-electron chi connectivity index (χ3n) is 4.37. The smallest absolute Gasteiger partial charge is 0.0446 e. The molecule has 1 N–H and O–H groups in total. The van der Waals surface area contributed by atoms with Gasteiger partial charge in [-0.15, -0.1) is 11.8 Å². The van der Waals surface area contributed by atoms with Gasteiger partial charge in [-0.2, -0.15) is 0 Å². The highest BCUT2D eigenvalue weighted by molar-refractivity contribution is 7.98. The standard InChI is InChI=1S/C19H32N2OS/c1-19(2,3)15-21-10-9-20(14-17(21)8-11-22)13-16-6-5-7-18(12-16)23-4/h5-7,12,17,22H,8-11,13-15H2,1-4H3/t17-/m0/s1. The first-order chi connectivity index (χ1) is 10.9. The summed E-state index contributed by atoms with van der Waals surface area (Å²) in [5.74, 6) is 0. The van der Waals surface area contributed by atoms with E-state index in [0.29, 0.717) is 11.5 Å². The molecule has 1 aliphatic heterocycles. The number of aliphatic hydroxyl groups is 1. The lowest BCUT2D eigenvalue weighted by atomic mass is 9.94. The first-order valence-electron chi connectivity index (χ1n) is 8.61. The quantitative estimate of drug-likeness (QED) is 0.806. The zero-order chi connectivity index (χ0) is 16.9. The fourth-order valence-corrected chi connectivity index (χ4v) is 3.85. The van der Waals surface area contributed by atoms with Gasteiger partial charge in [0.15, 0.2) is 0 Å². The van der Waals surface area contributed by atoms with Gasteiger partial charge in [-0.05, 0) is 35.8 Å². The zero-order valence-corrected chi connectivity index (χ0v) is 15.9. The van der Waals surface area contributed by atoms with Gasteiger partial charge in [0.25, 0.3) is 0 Å². The summed E-state index contributed by atoms with van der Waals surface area (Å²) in [6, 6.07) is 9.32. The molecule has 1 saturated heterocycles. The van der Waals surface area contributed by atoms with Crippen LogP contribution in [0.1, 0.15) is 32.8 Å². The molecule has 0 aliphatic carbocycles. The molecule has 1 fully saturated rings. The third-order valence-corrected chi connectivity index (χ3v) is 5.09. The van der Waals surface area contributed by atoms with Gasteiger partial charge >= 0.3 is 0 Å². The van der Waals surface area contributed by atoms with Crippen LogP contribution in [0.3, 0.4) is 0 Å². The van der Waals surface area contributed by atoms with Crippen molar-refractivity contribution in [2.24, 2.45) is 5.41 Å². The summed E-state index contributed by atoms with van der Waals surface area (Å²) in [4.78, 5) is 6.45. The first-order valence-corrected chi connectivity index (χ1v) is 9.84. The van der Waals surface area contributed by atoms with Gasteiger partial charge in [-0.3, -0.25) is 9.80 Å². The molecule has 1 atom stereocenters. The van der Waals surface area contributed by atoms with E-state index in [-0.39, 0.29) is 6.61 Å². The number of piperazine rings is 1. The van der Waals surface area contributed by atoms with Crippen LogP contribution in [0.5, 0.6) is 0 Å². The number of hydrogen-bond donors (Lipinski definition) is 1. The van der Waals surface area contributed by atoms with E-state index in [1.165, 1.54) is 10.5 Å². The normalized spacial score (nSPS) is 20.8. The molecule has 23 heavy (non-hydrogen) atoms. The second-order valence-electron chi connectivity index (χ2n) is 7.78. The predicted octanol–water partition coefficient (Wildman–Crippen LogP) is 3.32. The largest absolute Gasteiger partial charge is 0.396 e. The summed E-state index contributed by atoms with van der Waals surface area (Å²) >= 11 is 1.80. The minimum absolute atomic E-state index is 0.279. The minimum atomic E-state index is 0.279. The molecule has 0 unspecified atom stereocenters. The number of nitrogens with zero attached hydrogens (tertiary/aromatic N) is 2. The second-order valence-corrected chi connectivity index (χ2v) is 8.66. The number of aliphatic hydroxyl groups excluding tert-OH is 1. The van der Waals surface area contributed by atoms with Gasteiger partial charge in [-0.1, -0.05) is 32.9 Å². The number of thioether (sulfide) groups is 1. The Morgan fingerprint density at radius 1 is 1.26 bits per heavy atom. The molecule has 0 spiro atoms. The average Bonchev–Trinajstić information content (AvgIpc) is 2.49. The molecule has 3 nitrogen and oxygen atoms in total. The van der Waals surface area contributed by atoms with Crippen LogP contribution in [0.4, 0.5) is 0 Å². The highest BCUT2D eigenvalue weighted by Crippen LogP contribution is 2.23. The summed E-state index contributed by atoms with van der Waals surface area (Å²) in [5.41, 5.74) is 1.70. The molecular formula is C19H32N2OS. The Labute approximate surface area is 146 Å². The maximum absolute atomic E-state index is 9.43. The van der Waals surface area contributed by atoms with E-state index in [1.54, 1.807) is 11.8 Å². The zero-order valence-electron chi connectivity index (χ0n) is 15.1. The van der Waals surface area contributed by atoms with E-state index < -0.39 is 0 Å². The van der Waals surface area contributed by atoms with Crippen LogP contribution in [-0.2, 0) is 6.54 Å². The van der Waals surface area contributed by atoms with Gasteiger partial charge in [0.2, 0.25) is 0 Å². The maximum Gasteiger partial charge on any atom is 0.0446 e. The molecule has 0 amide bonds. The van der Waals surface area contributed by atoms with E-state index in [9.17, 15) is 5.11 Å². The molecule has 130 valence electrons. The van der Waals surface area contributed by atoms with Gasteiger partial charge in [0, 0.05) is 50.3 Å². The Kier molecular flexibility index (Phi) is 6.96. The number of hydrogen-bond acceptors (Lipinski definition) is 4. The third kappa shape index (κ3) is 6.11. The van der Waals surface area contributed by atoms with E-state index in [0.717, 1.165) is 39.1 Å². The van der Waals surface area contributed by atoms with E-state index in [2.05, 4.69) is 61.1 Å². The molecule has 4 heteroatoms. The molecule has 1 aromatic rings. The van der Waals surface area contributed by atoms with Crippen molar-refractivity contribution >= 4 is 11.8 Å². The van der Waals surface area contributed by atoms with Gasteiger partial charge in [0.1, 0.15) is 0 Å². The Hall–Kier alpha value is -0.550. The number of rotatable bonds is 6. The lowest BCUT2D eigenvalue weighted by Gasteiger charge is -2.44. The van der Waals surface area contributed by atoms with Crippen LogP contribution in [0.15, 0.2) is 29.2 Å². The van der Waals surface area contributed by atoms with Crippen molar-refractivity contribution in [1.82, 2.24) is 9.80 Å². The first kappa shape index (κ1) is 18.8. The molecular weight excluding hydrogens is 304 g/mol. The lowest BCUT2D eigenvalue weighted by Crippen LogP contribution is -2.54. The minimum Gasteiger partial charge on any atom is -0.396 e. The summed E-state index contributed by atoms with van der Waals surface area (Å²) in [6.45, 7) is 12.6. The van der Waals surface area contributed by atoms with Crippen LogP contribution in [-0.4, -0.2) is 60.0 Å². The van der Waals surface area contributed by atoms with Crippen molar-refractivity contribution in [3.8, 4) is 0 Å². The molecule has 2 rings (SSSR count). The Morgan fingerprint density at radius 2 is 2.04 bits per heavy atom. The lowest BCUT2D eigenvalue weighted by molar-refractivity contribution is 0.0339. The van der Waals surface area contributed by atoms with Crippen molar-refractivity contribution in [2.75, 3.05) is 39.0 Å². The van der Waals surface area contributed by atoms with Crippen LogP contribution in [0, 0.1) is 5.41 Å². The van der Waals surface area contributed by atoms with Crippen LogP contribution >= 0.6 is 11.8 Å². The Bertz CT molecular complexity index is 487. The second kappa shape index (κ2) is 8.52. The monoisotopic (exact) mass is 336 g/mol. The van der Waals surface area contributed by atoms with Gasteiger partial charge in [-0.25, -0.2) is 0 Å². The summed E-state index contributed by atoms with van der Waals surface area (Å²) in [5, 5.41) is 9.43. The molecule has 1 heterocycles. The molecule has 1 aromatic carbocycles. The summed E-state index contributed by atoms with van der Waals surface area (Å²) in [7, 11) is 0. The van der Waals surface area contributed by atoms with Crippen molar-refractivity contribution in [1.29, 1.82) is 0 Å². The van der Waals surface area contributed by atoms with Gasteiger partial charge in [0.05, 0.1) is 0 Å². The molecule has 1 aliphatic rings. The molecule has 0 radical (unpaired) electrons. The summed E-state index contributed by atoms with van der Waals surface area (Å²) in [6.07, 6.45) is 3.00. The van der Waals surface area contributed by atoms with Crippen molar-refractivity contribution in [3.63, 3.8) is 0 Å². The fourth-order valence-electron chi connectivity index (χ4n) is 3.37. The fraction of sp³-hybridized carbons (Fsp3) is 0.684. The highest BCUT2D eigenvalue weighted by Gasteiger charge is 2.29. The topological polar surface area (TPSA) is 26.7 Å². The summed E-state index contributed by atoms with van der Waals surface area (Å²) < 4.78 is 0. The Morgan fingerprint density at radius 3 is 2.70 bits per heavy atom. The van der Waals surface area contributed by atoms with Crippen molar-refractivity contribution in [2.45, 2.75) is 44.7 Å². The number of benzene rings is 1. The average molecular weight is 337 g/mol. The maximum atomic E-state index is 9.43. The van der Waals surface area contributed by atoms with Crippen molar-refractivity contribution < 1.29 is 5.11 Å². The SMILES string of the molecule is CSc1cccc(CN2CCN(CC(C)(C)C)[C@@H](CCO)C2)c1.